The highest BCUT2D eigenvalue weighted by molar-refractivity contribution is 6.39. The molecule has 3 N–H and O–H groups in total. The van der Waals surface area contributed by atoms with Crippen LogP contribution in [-0.2, 0) is 9.59 Å². The third-order valence-corrected chi connectivity index (χ3v) is 4.08. The van der Waals surface area contributed by atoms with Crippen LogP contribution in [0.4, 0.5) is 5.69 Å². The Hall–Kier alpha value is -3.06. The van der Waals surface area contributed by atoms with Crippen molar-refractivity contribution in [2.24, 2.45) is 0 Å². The molecule has 0 aliphatic heterocycles. The second-order valence-electron chi connectivity index (χ2n) is 6.11. The number of amides is 2. The summed E-state index contributed by atoms with van der Waals surface area (Å²) in [5.74, 6) is -0.616. The number of rotatable bonds is 6. The Labute approximate surface area is 158 Å². The Morgan fingerprint density at radius 3 is 2.33 bits per heavy atom. The van der Waals surface area contributed by atoms with Crippen molar-refractivity contribution < 1.29 is 24.2 Å². The lowest BCUT2D eigenvalue weighted by Gasteiger charge is -2.15. The smallest absolute Gasteiger partial charge is 0.313 e. The highest BCUT2D eigenvalue weighted by atomic mass is 16.5. The quantitative estimate of drug-likeness (QED) is 0.675. The van der Waals surface area contributed by atoms with E-state index in [2.05, 4.69) is 10.6 Å². The molecular weight excluding hydrogens is 348 g/mol. The maximum atomic E-state index is 12.0. The number of aliphatic hydroxyl groups excluding tert-OH is 1. The fraction of sp³-hybridized carbons (Fsp3) is 0.300. The van der Waals surface area contributed by atoms with E-state index in [0.717, 1.165) is 11.1 Å². The summed E-state index contributed by atoms with van der Waals surface area (Å²) < 4.78 is 10.3. The average molecular weight is 372 g/mol. The molecule has 1 atom stereocenters. The van der Waals surface area contributed by atoms with Gasteiger partial charge in [-0.15, -0.1) is 0 Å². The molecule has 2 aromatic carbocycles. The molecule has 27 heavy (non-hydrogen) atoms. The van der Waals surface area contributed by atoms with E-state index in [1.807, 2.05) is 26.0 Å². The Morgan fingerprint density at radius 1 is 1.00 bits per heavy atom. The minimum Gasteiger partial charge on any atom is -0.493 e. The molecule has 0 bridgehead atoms. The number of anilines is 1. The highest BCUT2D eigenvalue weighted by Gasteiger charge is 2.17. The number of hydrogen-bond acceptors (Lipinski definition) is 5. The normalized spacial score (nSPS) is 11.4. The molecule has 2 amide bonds. The maximum Gasteiger partial charge on any atom is 0.313 e. The molecule has 0 spiro atoms. The van der Waals surface area contributed by atoms with Crippen molar-refractivity contribution in [2.45, 2.75) is 20.0 Å². The zero-order valence-corrected chi connectivity index (χ0v) is 15.8. The van der Waals surface area contributed by atoms with Crippen molar-refractivity contribution in [3.05, 3.63) is 53.1 Å². The van der Waals surface area contributed by atoms with Crippen LogP contribution < -0.4 is 20.1 Å². The molecule has 0 fully saturated rings. The third kappa shape index (κ3) is 5.21. The van der Waals surface area contributed by atoms with Crippen LogP contribution in [0, 0.1) is 13.8 Å². The SMILES string of the molecule is COc1ccc(C(O)CNC(=O)C(=O)Nc2ccc(C)cc2C)cc1OC. The molecule has 0 heterocycles. The van der Waals surface area contributed by atoms with Crippen LogP contribution in [0.1, 0.15) is 22.8 Å². The number of carbonyl (C=O) groups is 2. The monoisotopic (exact) mass is 372 g/mol. The van der Waals surface area contributed by atoms with E-state index < -0.39 is 17.9 Å². The van der Waals surface area contributed by atoms with Gasteiger partial charge in [0.1, 0.15) is 0 Å². The number of carbonyl (C=O) groups excluding carboxylic acids is 2. The van der Waals surface area contributed by atoms with E-state index in [4.69, 9.17) is 9.47 Å². The Kier molecular flexibility index (Phi) is 6.79. The summed E-state index contributed by atoms with van der Waals surface area (Å²) in [5, 5.41) is 15.2. The largest absolute Gasteiger partial charge is 0.493 e. The fourth-order valence-corrected chi connectivity index (χ4v) is 2.58. The number of nitrogens with one attached hydrogen (secondary N) is 2. The van der Waals surface area contributed by atoms with Gasteiger partial charge in [-0.1, -0.05) is 23.8 Å². The van der Waals surface area contributed by atoms with Crippen molar-refractivity contribution in [1.82, 2.24) is 5.32 Å². The van der Waals surface area contributed by atoms with Gasteiger partial charge in [0.25, 0.3) is 0 Å². The summed E-state index contributed by atoms with van der Waals surface area (Å²) in [5.41, 5.74) is 3.03. The van der Waals surface area contributed by atoms with E-state index in [0.29, 0.717) is 22.7 Å². The molecule has 1 unspecified atom stereocenters. The minimum absolute atomic E-state index is 0.116. The summed E-state index contributed by atoms with van der Waals surface area (Å²) in [6.07, 6.45) is -0.998. The summed E-state index contributed by atoms with van der Waals surface area (Å²) in [6, 6.07) is 10.4. The van der Waals surface area contributed by atoms with Crippen LogP contribution in [0.25, 0.3) is 0 Å². The van der Waals surface area contributed by atoms with Crippen molar-refractivity contribution in [2.75, 3.05) is 26.1 Å². The number of benzene rings is 2. The molecule has 0 aliphatic rings. The summed E-state index contributed by atoms with van der Waals surface area (Å²) >= 11 is 0. The molecule has 0 radical (unpaired) electrons. The Balaban J connectivity index is 1.95. The van der Waals surface area contributed by atoms with Gasteiger partial charge >= 0.3 is 11.8 Å². The van der Waals surface area contributed by atoms with E-state index in [1.54, 1.807) is 24.3 Å². The average Bonchev–Trinajstić information content (AvgIpc) is 2.67. The van der Waals surface area contributed by atoms with Gasteiger partial charge in [0.15, 0.2) is 11.5 Å². The highest BCUT2D eigenvalue weighted by Crippen LogP contribution is 2.29. The first-order valence-corrected chi connectivity index (χ1v) is 8.42. The predicted molar refractivity (Wildman–Crippen MR) is 102 cm³/mol. The van der Waals surface area contributed by atoms with Gasteiger partial charge in [-0.2, -0.15) is 0 Å². The van der Waals surface area contributed by atoms with Crippen molar-refractivity contribution in [3.8, 4) is 11.5 Å². The van der Waals surface area contributed by atoms with Gasteiger partial charge in [-0.25, -0.2) is 0 Å². The number of hydrogen-bond donors (Lipinski definition) is 3. The van der Waals surface area contributed by atoms with Gasteiger partial charge < -0.3 is 25.2 Å². The van der Waals surface area contributed by atoms with Crippen LogP contribution in [-0.4, -0.2) is 37.7 Å². The Morgan fingerprint density at radius 2 is 1.70 bits per heavy atom. The molecule has 0 saturated carbocycles. The predicted octanol–water partition coefficient (Wildman–Crippen LogP) is 2.11. The standard InChI is InChI=1S/C20H24N2O5/c1-12-5-7-15(13(2)9-12)22-20(25)19(24)21-11-16(23)14-6-8-17(26-3)18(10-14)27-4/h5-10,16,23H,11H2,1-4H3,(H,21,24)(H,22,25). The molecule has 7 heteroatoms. The lowest BCUT2D eigenvalue weighted by atomic mass is 10.1. The topological polar surface area (TPSA) is 96.9 Å². The summed E-state index contributed by atoms with van der Waals surface area (Å²) in [4.78, 5) is 24.0. The van der Waals surface area contributed by atoms with E-state index in [1.165, 1.54) is 14.2 Å². The minimum atomic E-state index is -0.998. The molecule has 2 rings (SSSR count). The molecule has 0 aliphatic carbocycles. The number of methoxy groups -OCH3 is 2. The van der Waals surface area contributed by atoms with Crippen LogP contribution in [0.2, 0.25) is 0 Å². The van der Waals surface area contributed by atoms with E-state index >= 15 is 0 Å². The van der Waals surface area contributed by atoms with E-state index in [9.17, 15) is 14.7 Å². The number of aryl methyl sites for hydroxylation is 2. The van der Waals surface area contributed by atoms with Crippen LogP contribution >= 0.6 is 0 Å². The number of aliphatic hydroxyl groups is 1. The first-order chi connectivity index (χ1) is 12.8. The molecule has 144 valence electrons. The van der Waals surface area contributed by atoms with E-state index in [-0.39, 0.29) is 6.54 Å². The van der Waals surface area contributed by atoms with Crippen molar-refractivity contribution in [3.63, 3.8) is 0 Å². The zero-order chi connectivity index (χ0) is 20.0. The van der Waals surface area contributed by atoms with Crippen LogP contribution in [0.3, 0.4) is 0 Å². The van der Waals surface area contributed by atoms with Crippen molar-refractivity contribution in [1.29, 1.82) is 0 Å². The third-order valence-electron chi connectivity index (χ3n) is 4.08. The first kappa shape index (κ1) is 20.3. The second kappa shape index (κ2) is 9.05. The molecule has 2 aromatic rings. The molecule has 7 nitrogen and oxygen atoms in total. The Bertz CT molecular complexity index is 835. The summed E-state index contributed by atoms with van der Waals surface area (Å²) in [6.45, 7) is 3.68. The number of ether oxygens (including phenoxy) is 2. The lowest BCUT2D eigenvalue weighted by molar-refractivity contribution is -0.136. The lowest BCUT2D eigenvalue weighted by Crippen LogP contribution is -2.37. The first-order valence-electron chi connectivity index (χ1n) is 8.42. The fourth-order valence-electron chi connectivity index (χ4n) is 2.58. The zero-order valence-electron chi connectivity index (χ0n) is 15.8. The summed E-state index contributed by atoms with van der Waals surface area (Å²) in [7, 11) is 3.01. The maximum absolute atomic E-state index is 12.0. The van der Waals surface area contributed by atoms with Gasteiger partial charge in [-0.05, 0) is 43.2 Å². The van der Waals surface area contributed by atoms with Gasteiger partial charge in [0, 0.05) is 12.2 Å². The van der Waals surface area contributed by atoms with Gasteiger partial charge in [0.2, 0.25) is 0 Å². The molecular formula is C20H24N2O5. The molecule has 0 saturated heterocycles. The molecule has 0 aromatic heterocycles. The van der Waals surface area contributed by atoms with Gasteiger partial charge in [0.05, 0.1) is 20.3 Å². The van der Waals surface area contributed by atoms with Gasteiger partial charge in [-0.3, -0.25) is 9.59 Å². The van der Waals surface area contributed by atoms with Crippen LogP contribution in [0.15, 0.2) is 36.4 Å². The van der Waals surface area contributed by atoms with Crippen molar-refractivity contribution >= 4 is 17.5 Å². The van der Waals surface area contributed by atoms with Crippen LogP contribution in [0.5, 0.6) is 11.5 Å². The second-order valence-corrected chi connectivity index (χ2v) is 6.11.